The summed E-state index contributed by atoms with van der Waals surface area (Å²) < 4.78 is 0. The second-order valence-corrected chi connectivity index (χ2v) is 5.64. The van der Waals surface area contributed by atoms with E-state index in [9.17, 15) is 4.79 Å². The van der Waals surface area contributed by atoms with Crippen LogP contribution in [0.25, 0.3) is 0 Å². The zero-order valence-electron chi connectivity index (χ0n) is 9.74. The van der Waals surface area contributed by atoms with Crippen LogP contribution in [-0.4, -0.2) is 11.0 Å². The number of thioether (sulfide) groups is 1. The normalized spacial score (nSPS) is 16.6. The van der Waals surface area contributed by atoms with Crippen molar-refractivity contribution in [3.63, 3.8) is 0 Å². The minimum atomic E-state index is 0.265. The van der Waals surface area contributed by atoms with Gasteiger partial charge in [0.25, 0.3) is 0 Å². The highest BCUT2D eigenvalue weighted by atomic mass is 32.2. The Hall–Kier alpha value is -0.760. The summed E-state index contributed by atoms with van der Waals surface area (Å²) in [7, 11) is 0. The highest BCUT2D eigenvalue weighted by molar-refractivity contribution is 8.00. The zero-order valence-corrected chi connectivity index (χ0v) is 10.6. The highest BCUT2D eigenvalue weighted by Crippen LogP contribution is 2.36. The van der Waals surface area contributed by atoms with Gasteiger partial charge in [-0.15, -0.1) is 11.8 Å². The quantitative estimate of drug-likeness (QED) is 0.722. The van der Waals surface area contributed by atoms with Gasteiger partial charge in [0, 0.05) is 22.1 Å². The molecule has 1 aromatic rings. The zero-order chi connectivity index (χ0) is 11.4. The number of carbonyl (C=O) groups excluding carboxylic acids is 1. The van der Waals surface area contributed by atoms with Crippen molar-refractivity contribution < 1.29 is 4.79 Å². The van der Waals surface area contributed by atoms with Crippen molar-refractivity contribution in [2.45, 2.75) is 49.2 Å². The van der Waals surface area contributed by atoms with Crippen molar-refractivity contribution in [1.82, 2.24) is 0 Å². The molecule has 0 radical (unpaired) electrons. The molecular formula is C14H18OS. The summed E-state index contributed by atoms with van der Waals surface area (Å²) in [4.78, 5) is 13.0. The van der Waals surface area contributed by atoms with Crippen molar-refractivity contribution in [3.8, 4) is 0 Å². The number of hydrogen-bond acceptors (Lipinski definition) is 2. The molecule has 1 fully saturated rings. The van der Waals surface area contributed by atoms with E-state index in [0.29, 0.717) is 6.42 Å². The topological polar surface area (TPSA) is 17.1 Å². The summed E-state index contributed by atoms with van der Waals surface area (Å²) in [5.74, 6) is 0.265. The van der Waals surface area contributed by atoms with E-state index in [1.165, 1.54) is 30.6 Å². The molecule has 0 unspecified atom stereocenters. The molecule has 0 bridgehead atoms. The number of carbonyl (C=O) groups is 1. The third-order valence-corrected chi connectivity index (χ3v) is 4.52. The van der Waals surface area contributed by atoms with Gasteiger partial charge >= 0.3 is 0 Å². The van der Waals surface area contributed by atoms with Gasteiger partial charge in [0.1, 0.15) is 0 Å². The van der Waals surface area contributed by atoms with Gasteiger partial charge in [-0.3, -0.25) is 4.79 Å². The van der Waals surface area contributed by atoms with E-state index < -0.39 is 0 Å². The molecule has 0 aliphatic heterocycles. The molecule has 0 N–H and O–H groups in total. The Labute approximate surface area is 102 Å². The van der Waals surface area contributed by atoms with Gasteiger partial charge in [-0.1, -0.05) is 38.0 Å². The molecule has 0 amide bonds. The molecule has 1 aliphatic rings. The van der Waals surface area contributed by atoms with Crippen LogP contribution in [0.15, 0.2) is 29.2 Å². The number of benzene rings is 1. The van der Waals surface area contributed by atoms with Crippen LogP contribution in [0.2, 0.25) is 0 Å². The fraction of sp³-hybridized carbons (Fsp3) is 0.500. The first kappa shape index (κ1) is 11.7. The van der Waals surface area contributed by atoms with E-state index in [1.807, 2.05) is 36.9 Å². The molecule has 0 saturated heterocycles. The lowest BCUT2D eigenvalue weighted by molar-refractivity contribution is 0.0985. The Bertz CT molecular complexity index is 367. The minimum Gasteiger partial charge on any atom is -0.294 e. The third-order valence-electron chi connectivity index (χ3n) is 3.10. The van der Waals surface area contributed by atoms with Crippen LogP contribution >= 0.6 is 11.8 Å². The Morgan fingerprint density at radius 2 is 2.00 bits per heavy atom. The molecule has 1 nitrogen and oxygen atoms in total. The van der Waals surface area contributed by atoms with Crippen molar-refractivity contribution in [2.24, 2.45) is 0 Å². The number of hydrogen-bond donors (Lipinski definition) is 0. The van der Waals surface area contributed by atoms with Gasteiger partial charge in [-0.2, -0.15) is 0 Å². The molecule has 0 atom stereocenters. The van der Waals surface area contributed by atoms with E-state index in [2.05, 4.69) is 6.07 Å². The minimum absolute atomic E-state index is 0.265. The molecule has 0 spiro atoms. The summed E-state index contributed by atoms with van der Waals surface area (Å²) >= 11 is 1.90. The van der Waals surface area contributed by atoms with E-state index in [0.717, 1.165) is 10.8 Å². The van der Waals surface area contributed by atoms with Crippen molar-refractivity contribution in [1.29, 1.82) is 0 Å². The molecule has 0 heterocycles. The van der Waals surface area contributed by atoms with Gasteiger partial charge in [0.05, 0.1) is 0 Å². The predicted molar refractivity (Wildman–Crippen MR) is 69.2 cm³/mol. The van der Waals surface area contributed by atoms with Gasteiger partial charge in [0.15, 0.2) is 5.78 Å². The van der Waals surface area contributed by atoms with Gasteiger partial charge in [-0.25, -0.2) is 0 Å². The highest BCUT2D eigenvalue weighted by Gasteiger charge is 2.18. The number of ketones is 1. The number of rotatable bonds is 4. The summed E-state index contributed by atoms with van der Waals surface area (Å²) in [6.45, 7) is 1.93. The van der Waals surface area contributed by atoms with E-state index in [4.69, 9.17) is 0 Å². The largest absolute Gasteiger partial charge is 0.294 e. The number of Topliss-reactive ketones (excluding diaryl/α,β-unsaturated/α-hetero) is 1. The first-order valence-corrected chi connectivity index (χ1v) is 6.98. The van der Waals surface area contributed by atoms with Crippen LogP contribution in [0.3, 0.4) is 0 Å². The van der Waals surface area contributed by atoms with Gasteiger partial charge in [-0.05, 0) is 18.9 Å². The second kappa shape index (κ2) is 5.53. The third kappa shape index (κ3) is 2.67. The standard InChI is InChI=1S/C14H18OS/c1-2-13(15)12-9-5-6-10-14(12)16-11-7-3-4-8-11/h5-6,9-11H,2-4,7-8H2,1H3. The summed E-state index contributed by atoms with van der Waals surface area (Å²) in [6.07, 6.45) is 5.91. The Balaban J connectivity index is 2.15. The average molecular weight is 234 g/mol. The van der Waals surface area contributed by atoms with E-state index in [1.54, 1.807) is 0 Å². The molecule has 86 valence electrons. The van der Waals surface area contributed by atoms with Gasteiger partial charge in [0.2, 0.25) is 0 Å². The Kier molecular flexibility index (Phi) is 4.05. The molecular weight excluding hydrogens is 216 g/mol. The Morgan fingerprint density at radius 1 is 1.31 bits per heavy atom. The average Bonchev–Trinajstić information content (AvgIpc) is 2.82. The van der Waals surface area contributed by atoms with Crippen LogP contribution in [-0.2, 0) is 0 Å². The monoisotopic (exact) mass is 234 g/mol. The smallest absolute Gasteiger partial charge is 0.163 e. The van der Waals surface area contributed by atoms with Crippen LogP contribution in [0.1, 0.15) is 49.4 Å². The fourth-order valence-corrected chi connectivity index (χ4v) is 3.57. The van der Waals surface area contributed by atoms with Gasteiger partial charge < -0.3 is 0 Å². The van der Waals surface area contributed by atoms with Crippen LogP contribution < -0.4 is 0 Å². The lowest BCUT2D eigenvalue weighted by Crippen LogP contribution is -2.01. The molecule has 0 aromatic heterocycles. The summed E-state index contributed by atoms with van der Waals surface area (Å²) in [6, 6.07) is 8.04. The van der Waals surface area contributed by atoms with E-state index >= 15 is 0 Å². The summed E-state index contributed by atoms with van der Waals surface area (Å²) in [5.41, 5.74) is 0.918. The first-order valence-electron chi connectivity index (χ1n) is 6.10. The van der Waals surface area contributed by atoms with Crippen LogP contribution in [0.4, 0.5) is 0 Å². The Morgan fingerprint density at radius 3 is 2.69 bits per heavy atom. The SMILES string of the molecule is CCC(=O)c1ccccc1SC1CCCC1. The maximum Gasteiger partial charge on any atom is 0.163 e. The maximum atomic E-state index is 11.8. The van der Waals surface area contributed by atoms with Crippen LogP contribution in [0, 0.1) is 0 Å². The molecule has 2 rings (SSSR count). The molecule has 2 heteroatoms. The molecule has 1 aliphatic carbocycles. The second-order valence-electron chi connectivity index (χ2n) is 4.30. The molecule has 1 saturated carbocycles. The van der Waals surface area contributed by atoms with E-state index in [-0.39, 0.29) is 5.78 Å². The summed E-state index contributed by atoms with van der Waals surface area (Å²) in [5, 5.41) is 0.728. The molecule has 1 aromatic carbocycles. The fourth-order valence-electron chi connectivity index (χ4n) is 2.18. The lowest BCUT2D eigenvalue weighted by Gasteiger charge is -2.11. The van der Waals surface area contributed by atoms with Crippen molar-refractivity contribution >= 4 is 17.5 Å². The van der Waals surface area contributed by atoms with Crippen LogP contribution in [0.5, 0.6) is 0 Å². The van der Waals surface area contributed by atoms with Crippen molar-refractivity contribution in [2.75, 3.05) is 0 Å². The van der Waals surface area contributed by atoms with Crippen molar-refractivity contribution in [3.05, 3.63) is 29.8 Å². The first-order chi connectivity index (χ1) is 7.81. The predicted octanol–water partition coefficient (Wildman–Crippen LogP) is 4.31. The maximum absolute atomic E-state index is 11.8. The molecule has 16 heavy (non-hydrogen) atoms. The lowest BCUT2D eigenvalue weighted by atomic mass is 10.1.